The molecule has 0 aliphatic carbocycles. The maximum atomic E-state index is 13.0. The molecule has 0 saturated heterocycles. The molecule has 1 atom stereocenters. The van der Waals surface area contributed by atoms with E-state index in [2.05, 4.69) is 5.32 Å². The van der Waals surface area contributed by atoms with Crippen LogP contribution in [-0.4, -0.2) is 26.6 Å². The lowest BCUT2D eigenvalue weighted by atomic mass is 10.1. The molecule has 0 unspecified atom stereocenters. The fourth-order valence-electron chi connectivity index (χ4n) is 3.35. The predicted molar refractivity (Wildman–Crippen MR) is 124 cm³/mol. The molecule has 0 aliphatic rings. The molecule has 0 fully saturated rings. The number of rotatable bonds is 7. The zero-order valence-electron chi connectivity index (χ0n) is 16.6. The lowest BCUT2D eigenvalue weighted by Gasteiger charge is -2.30. The van der Waals surface area contributed by atoms with Gasteiger partial charge in [-0.05, 0) is 47.0 Å². The number of nitrogens with zero attached hydrogens (tertiary/aromatic N) is 1. The van der Waals surface area contributed by atoms with Gasteiger partial charge in [-0.3, -0.25) is 9.10 Å². The van der Waals surface area contributed by atoms with Gasteiger partial charge >= 0.3 is 0 Å². The number of carbonyl (C=O) groups excluding carboxylic acids is 1. The van der Waals surface area contributed by atoms with Crippen LogP contribution in [0.4, 0.5) is 5.69 Å². The van der Waals surface area contributed by atoms with E-state index < -0.39 is 22.0 Å². The smallest absolute Gasteiger partial charge is 0.244 e. The third kappa shape index (κ3) is 5.06. The van der Waals surface area contributed by atoms with Gasteiger partial charge in [0.25, 0.3) is 0 Å². The summed E-state index contributed by atoms with van der Waals surface area (Å²) in [5, 5.41) is 5.56. The van der Waals surface area contributed by atoms with Gasteiger partial charge in [0.1, 0.15) is 6.04 Å². The van der Waals surface area contributed by atoms with Crippen molar-refractivity contribution in [2.75, 3.05) is 10.6 Å². The highest BCUT2D eigenvalue weighted by Gasteiger charge is 2.32. The highest BCUT2D eigenvalue weighted by atomic mass is 35.5. The minimum Gasteiger partial charge on any atom is -0.350 e. The number of fused-ring (bicyclic) bond motifs is 1. The fourth-order valence-corrected chi connectivity index (χ4v) is 4.99. The number of carbonyl (C=O) groups is 1. The number of amides is 1. The van der Waals surface area contributed by atoms with E-state index in [4.69, 9.17) is 23.2 Å². The number of hydrogen-bond donors (Lipinski definition) is 1. The van der Waals surface area contributed by atoms with Gasteiger partial charge in [-0.2, -0.15) is 0 Å². The second kappa shape index (κ2) is 9.25. The summed E-state index contributed by atoms with van der Waals surface area (Å²) in [6, 6.07) is 17.4. The van der Waals surface area contributed by atoms with Gasteiger partial charge in [0.15, 0.2) is 0 Å². The molecule has 3 aromatic carbocycles. The molecule has 8 heteroatoms. The highest BCUT2D eigenvalue weighted by molar-refractivity contribution is 7.92. The van der Waals surface area contributed by atoms with E-state index in [0.717, 1.165) is 26.9 Å². The van der Waals surface area contributed by atoms with Crippen LogP contribution < -0.4 is 9.62 Å². The first kappa shape index (κ1) is 22.4. The second-order valence-corrected chi connectivity index (χ2v) is 9.68. The van der Waals surface area contributed by atoms with Crippen molar-refractivity contribution in [2.24, 2.45) is 0 Å². The Morgan fingerprint density at radius 1 is 1.03 bits per heavy atom. The van der Waals surface area contributed by atoms with E-state index in [-0.39, 0.29) is 23.7 Å². The van der Waals surface area contributed by atoms with Crippen LogP contribution in [0, 0.1) is 0 Å². The molecule has 5 nitrogen and oxygen atoms in total. The first-order valence-corrected chi connectivity index (χ1v) is 12.0. The Bertz CT molecular complexity index is 1180. The largest absolute Gasteiger partial charge is 0.350 e. The second-order valence-electron chi connectivity index (χ2n) is 6.98. The van der Waals surface area contributed by atoms with Crippen LogP contribution in [0.15, 0.2) is 60.7 Å². The van der Waals surface area contributed by atoms with Crippen LogP contribution in [0.25, 0.3) is 10.8 Å². The van der Waals surface area contributed by atoms with E-state index in [1.807, 2.05) is 42.5 Å². The summed E-state index contributed by atoms with van der Waals surface area (Å²) in [5.41, 5.74) is 1.10. The normalized spacial score (nSPS) is 12.5. The van der Waals surface area contributed by atoms with Crippen LogP contribution in [0.1, 0.15) is 18.9 Å². The van der Waals surface area contributed by atoms with Gasteiger partial charge in [-0.25, -0.2) is 8.42 Å². The summed E-state index contributed by atoms with van der Waals surface area (Å²) in [5.74, 6) is -0.410. The van der Waals surface area contributed by atoms with Gasteiger partial charge in [0, 0.05) is 11.6 Å². The Balaban J connectivity index is 1.85. The molecular formula is C22H22Cl2N2O3S. The lowest BCUT2D eigenvalue weighted by molar-refractivity contribution is -0.122. The van der Waals surface area contributed by atoms with Gasteiger partial charge in [-0.1, -0.05) is 66.5 Å². The summed E-state index contributed by atoms with van der Waals surface area (Å²) >= 11 is 12.3. The number of anilines is 1. The third-order valence-corrected chi connectivity index (χ3v) is 6.48. The molecule has 3 rings (SSSR count). The standard InChI is InChI=1S/C22H22Cl2N2O3S/c1-3-20(26(30(2,28)29)21-13-18(23)10-11-19(21)24)22(27)25-14-15-8-9-16-6-4-5-7-17(16)12-15/h4-13,20H,3,14H2,1-2H3,(H,25,27)/t20-/m0/s1. The molecule has 158 valence electrons. The van der Waals surface area contributed by atoms with Gasteiger partial charge < -0.3 is 5.32 Å². The number of halogens is 2. The molecule has 1 amide bonds. The van der Waals surface area contributed by atoms with Crippen LogP contribution in [0.3, 0.4) is 0 Å². The van der Waals surface area contributed by atoms with Crippen molar-refractivity contribution in [3.05, 3.63) is 76.3 Å². The summed E-state index contributed by atoms with van der Waals surface area (Å²) in [6.45, 7) is 2.03. The van der Waals surface area contributed by atoms with Crippen LogP contribution >= 0.6 is 23.2 Å². The molecule has 0 aliphatic heterocycles. The van der Waals surface area contributed by atoms with E-state index in [1.165, 1.54) is 12.1 Å². The maximum absolute atomic E-state index is 13.0. The molecule has 0 saturated carbocycles. The first-order chi connectivity index (χ1) is 14.2. The molecule has 0 spiro atoms. The Hall–Kier alpha value is -2.28. The first-order valence-electron chi connectivity index (χ1n) is 9.40. The Morgan fingerprint density at radius 2 is 1.73 bits per heavy atom. The zero-order valence-corrected chi connectivity index (χ0v) is 18.9. The zero-order chi connectivity index (χ0) is 21.9. The Kier molecular flexibility index (Phi) is 6.91. The number of sulfonamides is 1. The van der Waals surface area contributed by atoms with Crippen molar-refractivity contribution >= 4 is 55.6 Å². The molecule has 0 radical (unpaired) electrons. The number of benzene rings is 3. The SMILES string of the molecule is CC[C@@H](C(=O)NCc1ccc2ccccc2c1)N(c1cc(Cl)ccc1Cl)S(C)(=O)=O. The van der Waals surface area contributed by atoms with Gasteiger partial charge in [-0.15, -0.1) is 0 Å². The van der Waals surface area contributed by atoms with Crippen molar-refractivity contribution in [2.45, 2.75) is 25.9 Å². The molecule has 0 aromatic heterocycles. The minimum absolute atomic E-state index is 0.180. The lowest BCUT2D eigenvalue weighted by Crippen LogP contribution is -2.49. The topological polar surface area (TPSA) is 66.5 Å². The van der Waals surface area contributed by atoms with Crippen molar-refractivity contribution in [1.82, 2.24) is 5.32 Å². The maximum Gasteiger partial charge on any atom is 0.244 e. The van der Waals surface area contributed by atoms with E-state index >= 15 is 0 Å². The predicted octanol–water partition coefficient (Wildman–Crippen LogP) is 5.01. The van der Waals surface area contributed by atoms with Gasteiger partial charge in [0.2, 0.25) is 15.9 Å². The molecule has 3 aromatic rings. The average molecular weight is 465 g/mol. The summed E-state index contributed by atoms with van der Waals surface area (Å²) in [4.78, 5) is 13.0. The fraction of sp³-hybridized carbons (Fsp3) is 0.227. The van der Waals surface area contributed by atoms with Crippen molar-refractivity contribution < 1.29 is 13.2 Å². The number of nitrogens with one attached hydrogen (secondary N) is 1. The summed E-state index contributed by atoms with van der Waals surface area (Å²) < 4.78 is 26.2. The van der Waals surface area contributed by atoms with Crippen LogP contribution in [-0.2, 0) is 21.4 Å². The Morgan fingerprint density at radius 3 is 2.40 bits per heavy atom. The number of hydrogen-bond acceptors (Lipinski definition) is 3. The third-order valence-electron chi connectivity index (χ3n) is 4.76. The molecule has 30 heavy (non-hydrogen) atoms. The van der Waals surface area contributed by atoms with Crippen molar-refractivity contribution in [3.63, 3.8) is 0 Å². The van der Waals surface area contributed by atoms with Crippen LogP contribution in [0.5, 0.6) is 0 Å². The monoisotopic (exact) mass is 464 g/mol. The molecular weight excluding hydrogens is 443 g/mol. The summed E-state index contributed by atoms with van der Waals surface area (Å²) in [6.07, 6.45) is 1.31. The van der Waals surface area contributed by atoms with Crippen molar-refractivity contribution in [3.8, 4) is 0 Å². The van der Waals surface area contributed by atoms with Crippen LogP contribution in [0.2, 0.25) is 10.0 Å². The van der Waals surface area contributed by atoms with Crippen molar-refractivity contribution in [1.29, 1.82) is 0 Å². The quantitative estimate of drug-likeness (QED) is 0.534. The highest BCUT2D eigenvalue weighted by Crippen LogP contribution is 2.33. The average Bonchev–Trinajstić information content (AvgIpc) is 2.71. The van der Waals surface area contributed by atoms with E-state index in [9.17, 15) is 13.2 Å². The Labute approximate surface area is 186 Å². The molecule has 0 bridgehead atoms. The molecule has 1 N–H and O–H groups in total. The molecule has 0 heterocycles. The minimum atomic E-state index is -3.80. The van der Waals surface area contributed by atoms with E-state index in [1.54, 1.807) is 13.0 Å². The van der Waals surface area contributed by atoms with Gasteiger partial charge in [0.05, 0.1) is 17.0 Å². The van der Waals surface area contributed by atoms with E-state index in [0.29, 0.717) is 5.02 Å². The summed E-state index contributed by atoms with van der Waals surface area (Å²) in [7, 11) is -3.80.